The summed E-state index contributed by atoms with van der Waals surface area (Å²) in [6.07, 6.45) is 1.46. The number of aryl methyl sites for hydroxylation is 1. The lowest BCUT2D eigenvalue weighted by Crippen LogP contribution is -2.48. The number of nitrogens with zero attached hydrogens (tertiary/aromatic N) is 4. The zero-order valence-electron chi connectivity index (χ0n) is 11.0. The van der Waals surface area contributed by atoms with Crippen LogP contribution in [-0.2, 0) is 15.7 Å². The van der Waals surface area contributed by atoms with E-state index in [9.17, 15) is 8.42 Å². The number of aromatic nitrogens is 2. The summed E-state index contributed by atoms with van der Waals surface area (Å²) < 4.78 is 32.4. The van der Waals surface area contributed by atoms with Gasteiger partial charge in [-0.15, -0.1) is 0 Å². The molecule has 0 aromatic carbocycles. The Morgan fingerprint density at radius 2 is 2.11 bits per heavy atom. The van der Waals surface area contributed by atoms with Gasteiger partial charge in [0.2, 0.25) is 5.89 Å². The Morgan fingerprint density at radius 1 is 1.44 bits per heavy atom. The third-order valence-corrected chi connectivity index (χ3v) is 5.37. The monoisotopic (exact) mass is 274 g/mol. The molecule has 0 radical (unpaired) electrons. The first-order chi connectivity index (χ1) is 8.28. The van der Waals surface area contributed by atoms with Crippen LogP contribution >= 0.6 is 0 Å². The van der Waals surface area contributed by atoms with E-state index in [0.717, 1.165) is 6.42 Å². The van der Waals surface area contributed by atoms with Gasteiger partial charge in [0.05, 0.1) is 0 Å². The van der Waals surface area contributed by atoms with E-state index in [1.807, 2.05) is 6.92 Å². The fourth-order valence-electron chi connectivity index (χ4n) is 2.23. The van der Waals surface area contributed by atoms with Crippen LogP contribution in [0.15, 0.2) is 4.52 Å². The van der Waals surface area contributed by atoms with Crippen molar-refractivity contribution in [3.8, 4) is 0 Å². The first-order valence-corrected chi connectivity index (χ1v) is 7.19. The summed E-state index contributed by atoms with van der Waals surface area (Å²) in [6.45, 7) is 4.02. The van der Waals surface area contributed by atoms with E-state index in [1.165, 1.54) is 22.7 Å². The second-order valence-corrected chi connectivity index (χ2v) is 6.95. The lowest BCUT2D eigenvalue weighted by Gasteiger charge is -2.32. The van der Waals surface area contributed by atoms with Gasteiger partial charge in [-0.25, -0.2) is 0 Å². The lowest BCUT2D eigenvalue weighted by molar-refractivity contribution is 0.187. The smallest absolute Gasteiger partial charge is 0.282 e. The Bertz CT molecular complexity index is 539. The van der Waals surface area contributed by atoms with Crippen LogP contribution < -0.4 is 0 Å². The van der Waals surface area contributed by atoms with Crippen LogP contribution in [-0.4, -0.2) is 47.8 Å². The minimum atomic E-state index is -3.48. The van der Waals surface area contributed by atoms with E-state index in [1.54, 1.807) is 6.92 Å². The minimum absolute atomic E-state index is 0.364. The highest BCUT2D eigenvalue weighted by molar-refractivity contribution is 7.86. The molecule has 0 amide bonds. The van der Waals surface area contributed by atoms with Crippen LogP contribution in [0.4, 0.5) is 0 Å². The number of hydrogen-bond acceptors (Lipinski definition) is 5. The molecule has 1 atom stereocenters. The summed E-state index contributed by atoms with van der Waals surface area (Å²) in [6, 6.07) is 0. The van der Waals surface area contributed by atoms with Crippen molar-refractivity contribution in [3.05, 3.63) is 11.7 Å². The van der Waals surface area contributed by atoms with Gasteiger partial charge in [0.15, 0.2) is 5.82 Å². The van der Waals surface area contributed by atoms with Crippen molar-refractivity contribution in [2.24, 2.45) is 0 Å². The Labute approximate surface area is 107 Å². The maximum Gasteiger partial charge on any atom is 0.282 e. The first kappa shape index (κ1) is 13.4. The van der Waals surface area contributed by atoms with Gasteiger partial charge in [0.25, 0.3) is 10.2 Å². The van der Waals surface area contributed by atoms with E-state index in [2.05, 4.69) is 10.1 Å². The van der Waals surface area contributed by atoms with Crippen LogP contribution in [0, 0.1) is 6.92 Å². The molecule has 1 fully saturated rings. The predicted octanol–water partition coefficient (Wildman–Crippen LogP) is 0.495. The van der Waals surface area contributed by atoms with Crippen molar-refractivity contribution in [2.75, 3.05) is 20.6 Å². The third kappa shape index (κ3) is 1.94. The molecule has 18 heavy (non-hydrogen) atoms. The molecule has 1 aliphatic rings. The highest BCUT2D eigenvalue weighted by Gasteiger charge is 2.49. The molecule has 1 aromatic rings. The first-order valence-electron chi connectivity index (χ1n) is 5.79. The number of rotatable bonds is 3. The van der Waals surface area contributed by atoms with Crippen molar-refractivity contribution in [3.63, 3.8) is 0 Å². The maximum atomic E-state index is 12.3. The third-order valence-electron chi connectivity index (χ3n) is 3.30. The van der Waals surface area contributed by atoms with Crippen molar-refractivity contribution >= 4 is 10.2 Å². The average molecular weight is 274 g/mol. The van der Waals surface area contributed by atoms with Gasteiger partial charge in [-0.05, 0) is 26.7 Å². The Morgan fingerprint density at radius 3 is 2.61 bits per heavy atom. The fourth-order valence-corrected chi connectivity index (χ4v) is 3.67. The average Bonchev–Trinajstić information content (AvgIpc) is 2.85. The molecule has 2 heterocycles. The summed E-state index contributed by atoms with van der Waals surface area (Å²) in [5.74, 6) is 0.878. The van der Waals surface area contributed by atoms with E-state index < -0.39 is 15.7 Å². The van der Waals surface area contributed by atoms with Gasteiger partial charge in [-0.2, -0.15) is 22.0 Å². The molecule has 0 spiro atoms. The molecule has 0 bridgehead atoms. The number of hydrogen-bond donors (Lipinski definition) is 0. The molecule has 1 saturated heterocycles. The quantitative estimate of drug-likeness (QED) is 0.801. The highest BCUT2D eigenvalue weighted by atomic mass is 32.2. The van der Waals surface area contributed by atoms with Gasteiger partial charge >= 0.3 is 0 Å². The second-order valence-electron chi connectivity index (χ2n) is 4.89. The molecule has 8 heteroatoms. The zero-order valence-corrected chi connectivity index (χ0v) is 11.9. The molecule has 0 aliphatic carbocycles. The Hall–Kier alpha value is -0.990. The summed E-state index contributed by atoms with van der Waals surface area (Å²) in [5.41, 5.74) is -0.746. The molecule has 0 unspecified atom stereocenters. The predicted molar refractivity (Wildman–Crippen MR) is 64.9 cm³/mol. The summed E-state index contributed by atoms with van der Waals surface area (Å²) in [5, 5.41) is 3.75. The van der Waals surface area contributed by atoms with Gasteiger partial charge in [0.1, 0.15) is 5.54 Å². The van der Waals surface area contributed by atoms with E-state index in [0.29, 0.717) is 24.7 Å². The normalized spacial score (nSPS) is 26.1. The van der Waals surface area contributed by atoms with Gasteiger partial charge < -0.3 is 4.52 Å². The molecule has 1 aliphatic heterocycles. The standard InChI is InChI=1S/C10H18N4O3S/c1-8-11-9(17-12-8)10(2)6-5-7-14(10)18(15,16)13(3)4/h5-7H2,1-4H3/t10-/m1/s1. The lowest BCUT2D eigenvalue weighted by atomic mass is 10.0. The van der Waals surface area contributed by atoms with Crippen molar-refractivity contribution in [1.29, 1.82) is 0 Å². The van der Waals surface area contributed by atoms with Crippen molar-refractivity contribution in [1.82, 2.24) is 18.8 Å². The van der Waals surface area contributed by atoms with Crippen molar-refractivity contribution in [2.45, 2.75) is 32.2 Å². The summed E-state index contributed by atoms with van der Waals surface area (Å²) in [7, 11) is -0.442. The maximum absolute atomic E-state index is 12.3. The molecule has 0 N–H and O–H groups in total. The van der Waals surface area contributed by atoms with Crippen LogP contribution in [0.3, 0.4) is 0 Å². The fraction of sp³-hybridized carbons (Fsp3) is 0.800. The molecular formula is C10H18N4O3S. The van der Waals surface area contributed by atoms with Crippen LogP contribution in [0.2, 0.25) is 0 Å². The van der Waals surface area contributed by atoms with E-state index >= 15 is 0 Å². The van der Waals surface area contributed by atoms with Gasteiger partial charge in [0, 0.05) is 20.6 Å². The van der Waals surface area contributed by atoms with E-state index in [-0.39, 0.29) is 0 Å². The topological polar surface area (TPSA) is 79.5 Å². The molecule has 102 valence electrons. The second kappa shape index (κ2) is 4.29. The summed E-state index contributed by atoms with van der Waals surface area (Å²) >= 11 is 0. The molecule has 7 nitrogen and oxygen atoms in total. The minimum Gasteiger partial charge on any atom is -0.337 e. The van der Waals surface area contributed by atoms with Gasteiger partial charge in [-0.3, -0.25) is 0 Å². The zero-order chi connectivity index (χ0) is 13.6. The molecule has 0 saturated carbocycles. The summed E-state index contributed by atoms with van der Waals surface area (Å²) in [4.78, 5) is 4.19. The SMILES string of the molecule is Cc1noc([C@@]2(C)CCCN2S(=O)(=O)N(C)C)n1. The van der Waals surface area contributed by atoms with Gasteiger partial charge in [-0.1, -0.05) is 5.16 Å². The van der Waals surface area contributed by atoms with Crippen LogP contribution in [0.25, 0.3) is 0 Å². The molecular weight excluding hydrogens is 256 g/mol. The van der Waals surface area contributed by atoms with Crippen molar-refractivity contribution < 1.29 is 12.9 Å². The Kier molecular flexibility index (Phi) is 3.20. The van der Waals surface area contributed by atoms with E-state index in [4.69, 9.17) is 4.52 Å². The molecule has 2 rings (SSSR count). The van der Waals surface area contributed by atoms with Crippen LogP contribution in [0.1, 0.15) is 31.5 Å². The largest absolute Gasteiger partial charge is 0.337 e. The Balaban J connectivity index is 2.44. The molecule has 1 aromatic heterocycles. The highest BCUT2D eigenvalue weighted by Crippen LogP contribution is 2.39. The van der Waals surface area contributed by atoms with Crippen LogP contribution in [0.5, 0.6) is 0 Å².